The molecule has 136 valence electrons. The number of hydrogen-bond acceptors (Lipinski definition) is 5. The lowest BCUT2D eigenvalue weighted by Crippen LogP contribution is -2.49. The number of β-amino-alcohol motifs (C(OH)–C–C–N with tert-alkyl or cyclic N) is 1. The molecule has 26 heavy (non-hydrogen) atoms. The summed E-state index contributed by atoms with van der Waals surface area (Å²) in [7, 11) is 0. The van der Waals surface area contributed by atoms with Crippen molar-refractivity contribution in [2.75, 3.05) is 44.6 Å². The number of carbonyl (C=O) groups excluding carboxylic acids is 2. The number of anilines is 1. The smallest absolute Gasteiger partial charge is 0.257 e. The third-order valence-electron chi connectivity index (χ3n) is 4.37. The lowest BCUT2D eigenvalue weighted by atomic mass is 10.1. The van der Waals surface area contributed by atoms with Gasteiger partial charge in [-0.15, -0.1) is 0 Å². The molecule has 3 rings (SSSR count). The zero-order chi connectivity index (χ0) is 18.4. The maximum atomic E-state index is 12.7. The number of hydrogen-bond donors (Lipinski definition) is 2. The van der Waals surface area contributed by atoms with Crippen LogP contribution in [-0.2, 0) is 0 Å². The van der Waals surface area contributed by atoms with Crippen LogP contribution in [-0.4, -0.2) is 71.0 Å². The van der Waals surface area contributed by atoms with Crippen molar-refractivity contribution in [2.45, 2.75) is 0 Å². The third kappa shape index (κ3) is 4.44. The highest BCUT2D eigenvalue weighted by atomic mass is 16.3. The first kappa shape index (κ1) is 18.0. The Kier molecular flexibility index (Phi) is 5.93. The Bertz CT molecular complexity index is 758. The van der Waals surface area contributed by atoms with E-state index >= 15 is 0 Å². The summed E-state index contributed by atoms with van der Waals surface area (Å²) >= 11 is 0. The van der Waals surface area contributed by atoms with E-state index in [1.807, 2.05) is 0 Å². The van der Waals surface area contributed by atoms with E-state index in [-0.39, 0.29) is 18.4 Å². The van der Waals surface area contributed by atoms with Gasteiger partial charge in [-0.25, -0.2) is 0 Å². The predicted octanol–water partition coefficient (Wildman–Crippen LogP) is 1.08. The molecule has 0 saturated carbocycles. The monoisotopic (exact) mass is 354 g/mol. The fourth-order valence-corrected chi connectivity index (χ4v) is 2.93. The number of nitrogens with zero attached hydrogens (tertiary/aromatic N) is 3. The normalized spacial score (nSPS) is 14.9. The van der Waals surface area contributed by atoms with E-state index in [9.17, 15) is 9.59 Å². The maximum Gasteiger partial charge on any atom is 0.257 e. The summed E-state index contributed by atoms with van der Waals surface area (Å²) in [6, 6.07) is 10.3. The number of aliphatic hydroxyl groups is 1. The predicted molar refractivity (Wildman–Crippen MR) is 98.1 cm³/mol. The number of pyridine rings is 1. The summed E-state index contributed by atoms with van der Waals surface area (Å²) in [5.74, 6) is -0.313. The van der Waals surface area contributed by atoms with E-state index in [0.29, 0.717) is 36.4 Å². The van der Waals surface area contributed by atoms with Crippen molar-refractivity contribution in [3.8, 4) is 0 Å². The van der Waals surface area contributed by atoms with Gasteiger partial charge in [-0.2, -0.15) is 0 Å². The molecular formula is C19H22N4O3. The van der Waals surface area contributed by atoms with Crippen molar-refractivity contribution in [3.63, 3.8) is 0 Å². The number of amides is 2. The number of aliphatic hydroxyl groups excluding tert-OH is 1. The molecular weight excluding hydrogens is 332 g/mol. The minimum Gasteiger partial charge on any atom is -0.395 e. The molecule has 2 amide bonds. The van der Waals surface area contributed by atoms with E-state index in [1.165, 1.54) is 6.20 Å². The van der Waals surface area contributed by atoms with Crippen LogP contribution in [0.15, 0.2) is 48.8 Å². The quantitative estimate of drug-likeness (QED) is 0.839. The first-order valence-corrected chi connectivity index (χ1v) is 8.61. The molecule has 1 aromatic carbocycles. The highest BCUT2D eigenvalue weighted by molar-refractivity contribution is 6.04. The molecule has 2 aromatic rings. The lowest BCUT2D eigenvalue weighted by Gasteiger charge is -2.34. The van der Waals surface area contributed by atoms with Crippen molar-refractivity contribution in [2.24, 2.45) is 0 Å². The summed E-state index contributed by atoms with van der Waals surface area (Å²) < 4.78 is 0. The molecule has 7 nitrogen and oxygen atoms in total. The molecule has 1 aromatic heterocycles. The van der Waals surface area contributed by atoms with Gasteiger partial charge in [0.05, 0.1) is 12.2 Å². The van der Waals surface area contributed by atoms with Crippen LogP contribution in [0.3, 0.4) is 0 Å². The van der Waals surface area contributed by atoms with Crippen LogP contribution in [0.5, 0.6) is 0 Å². The van der Waals surface area contributed by atoms with E-state index in [0.717, 1.165) is 13.1 Å². The molecule has 0 spiro atoms. The molecule has 2 N–H and O–H groups in total. The van der Waals surface area contributed by atoms with Crippen LogP contribution in [0.1, 0.15) is 20.7 Å². The maximum absolute atomic E-state index is 12.7. The molecule has 1 saturated heterocycles. The van der Waals surface area contributed by atoms with Crippen LogP contribution in [0.25, 0.3) is 0 Å². The number of benzene rings is 1. The van der Waals surface area contributed by atoms with Gasteiger partial charge in [0.1, 0.15) is 0 Å². The number of piperazine rings is 1. The second-order valence-electron chi connectivity index (χ2n) is 6.13. The van der Waals surface area contributed by atoms with Gasteiger partial charge in [0.25, 0.3) is 11.8 Å². The van der Waals surface area contributed by atoms with Gasteiger partial charge in [0.2, 0.25) is 0 Å². The minimum absolute atomic E-state index is 0.0499. The van der Waals surface area contributed by atoms with Crippen LogP contribution >= 0.6 is 0 Å². The summed E-state index contributed by atoms with van der Waals surface area (Å²) in [5.41, 5.74) is 1.58. The van der Waals surface area contributed by atoms with Crippen LogP contribution in [0.4, 0.5) is 5.69 Å². The fraction of sp³-hybridized carbons (Fsp3) is 0.316. The zero-order valence-corrected chi connectivity index (χ0v) is 14.5. The van der Waals surface area contributed by atoms with Gasteiger partial charge in [0.15, 0.2) is 0 Å². The fourth-order valence-electron chi connectivity index (χ4n) is 2.93. The second kappa shape index (κ2) is 8.55. The number of nitrogens with one attached hydrogen (secondary N) is 1. The lowest BCUT2D eigenvalue weighted by molar-refractivity contribution is 0.0615. The Morgan fingerprint density at radius 1 is 1.08 bits per heavy atom. The van der Waals surface area contributed by atoms with Crippen molar-refractivity contribution < 1.29 is 14.7 Å². The zero-order valence-electron chi connectivity index (χ0n) is 14.5. The molecule has 2 heterocycles. The SMILES string of the molecule is O=C(Nc1cccc(C(=O)N2CCN(CCO)CC2)c1)c1cccnc1. The Morgan fingerprint density at radius 3 is 2.54 bits per heavy atom. The molecule has 0 unspecified atom stereocenters. The Hall–Kier alpha value is -2.77. The van der Waals surface area contributed by atoms with E-state index in [1.54, 1.807) is 47.5 Å². The number of carbonyl (C=O) groups is 2. The molecule has 1 aliphatic rings. The van der Waals surface area contributed by atoms with Gasteiger partial charge < -0.3 is 15.3 Å². The Labute approximate surface area is 152 Å². The van der Waals surface area contributed by atoms with Crippen molar-refractivity contribution in [3.05, 3.63) is 59.9 Å². The largest absolute Gasteiger partial charge is 0.395 e. The summed E-state index contributed by atoms with van der Waals surface area (Å²) in [5, 5.41) is 11.8. The van der Waals surface area contributed by atoms with Crippen LogP contribution in [0.2, 0.25) is 0 Å². The van der Waals surface area contributed by atoms with Gasteiger partial charge in [0, 0.05) is 56.4 Å². The van der Waals surface area contributed by atoms with Crippen LogP contribution in [0, 0.1) is 0 Å². The second-order valence-corrected chi connectivity index (χ2v) is 6.13. The van der Waals surface area contributed by atoms with Crippen molar-refractivity contribution in [1.29, 1.82) is 0 Å². The molecule has 1 aliphatic heterocycles. The van der Waals surface area contributed by atoms with Gasteiger partial charge >= 0.3 is 0 Å². The minimum atomic E-state index is -0.264. The average molecular weight is 354 g/mol. The Morgan fingerprint density at radius 2 is 1.85 bits per heavy atom. The summed E-state index contributed by atoms with van der Waals surface area (Å²) in [6.45, 7) is 3.54. The average Bonchev–Trinajstić information content (AvgIpc) is 2.69. The first-order valence-electron chi connectivity index (χ1n) is 8.61. The molecule has 0 atom stereocenters. The third-order valence-corrected chi connectivity index (χ3v) is 4.37. The highest BCUT2D eigenvalue weighted by Crippen LogP contribution is 2.15. The first-order chi connectivity index (χ1) is 12.7. The Balaban J connectivity index is 1.64. The standard InChI is InChI=1S/C19H22N4O3/c24-12-11-22-7-9-23(10-8-22)19(26)15-3-1-5-17(13-15)21-18(25)16-4-2-6-20-14-16/h1-6,13-14,24H,7-12H2,(H,21,25). The molecule has 7 heteroatoms. The van der Waals surface area contributed by atoms with Crippen molar-refractivity contribution in [1.82, 2.24) is 14.8 Å². The summed E-state index contributed by atoms with van der Waals surface area (Å²) in [6.07, 6.45) is 3.10. The molecule has 0 radical (unpaired) electrons. The summed E-state index contributed by atoms with van der Waals surface area (Å²) in [4.78, 5) is 32.8. The molecule has 0 aliphatic carbocycles. The van der Waals surface area contributed by atoms with E-state index in [4.69, 9.17) is 5.11 Å². The topological polar surface area (TPSA) is 85.8 Å². The number of aromatic nitrogens is 1. The highest BCUT2D eigenvalue weighted by Gasteiger charge is 2.22. The van der Waals surface area contributed by atoms with Gasteiger partial charge in [-0.1, -0.05) is 6.07 Å². The van der Waals surface area contributed by atoms with Crippen LogP contribution < -0.4 is 5.32 Å². The molecule has 1 fully saturated rings. The van der Waals surface area contributed by atoms with E-state index < -0.39 is 0 Å². The number of rotatable bonds is 5. The van der Waals surface area contributed by atoms with Gasteiger partial charge in [-0.3, -0.25) is 19.5 Å². The van der Waals surface area contributed by atoms with Crippen molar-refractivity contribution >= 4 is 17.5 Å². The van der Waals surface area contributed by atoms with Gasteiger partial charge in [-0.05, 0) is 30.3 Å². The van der Waals surface area contributed by atoms with E-state index in [2.05, 4.69) is 15.2 Å². The molecule has 0 bridgehead atoms.